The fraction of sp³-hybridized carbons (Fsp3) is 0.444. The van der Waals surface area contributed by atoms with Gasteiger partial charge < -0.3 is 19.6 Å². The quantitative estimate of drug-likeness (QED) is 0.161. The Morgan fingerprint density at radius 2 is 1.16 bits per heavy atom. The molecule has 8 nitrogen and oxygen atoms in total. The van der Waals surface area contributed by atoms with Crippen LogP contribution in [0, 0.1) is 0 Å². The molecule has 2 fully saturated rings. The van der Waals surface area contributed by atoms with Gasteiger partial charge in [0.2, 0.25) is 0 Å². The largest absolute Gasteiger partial charge is 0.304 e. The van der Waals surface area contributed by atoms with E-state index in [1.165, 1.54) is 52.4 Å². The molecule has 0 spiro atoms. The predicted octanol–water partition coefficient (Wildman–Crippen LogP) is 5.14. The highest BCUT2D eigenvalue weighted by atomic mass is 32.1. The first-order chi connectivity index (χ1) is 22.1. The van der Waals surface area contributed by atoms with E-state index in [9.17, 15) is 0 Å². The zero-order valence-corrected chi connectivity index (χ0v) is 27.6. The van der Waals surface area contributed by atoms with E-state index in [0.717, 1.165) is 83.0 Å². The molecule has 0 saturated carbocycles. The Labute approximate surface area is 272 Å². The van der Waals surface area contributed by atoms with Gasteiger partial charge in [-0.2, -0.15) is 0 Å². The van der Waals surface area contributed by atoms with Crippen molar-refractivity contribution in [2.45, 2.75) is 12.8 Å². The summed E-state index contributed by atoms with van der Waals surface area (Å²) in [4.78, 5) is 29.2. The van der Waals surface area contributed by atoms with Crippen molar-refractivity contribution >= 4 is 34.0 Å². The van der Waals surface area contributed by atoms with Gasteiger partial charge >= 0.3 is 0 Å². The fourth-order valence-electron chi connectivity index (χ4n) is 5.89. The summed E-state index contributed by atoms with van der Waals surface area (Å²) in [5.41, 5.74) is 6.29. The minimum absolute atomic E-state index is 0.748. The van der Waals surface area contributed by atoms with Crippen LogP contribution in [0.3, 0.4) is 0 Å². The van der Waals surface area contributed by atoms with Gasteiger partial charge in [-0.05, 0) is 62.6 Å². The lowest BCUT2D eigenvalue weighted by Crippen LogP contribution is -2.44. The number of thiophene rings is 1. The fourth-order valence-corrected chi connectivity index (χ4v) is 6.73. The molecule has 9 heteroatoms. The van der Waals surface area contributed by atoms with Crippen molar-refractivity contribution in [3.05, 3.63) is 71.1 Å². The number of piperazine rings is 2. The average molecular weight is 623 g/mol. The van der Waals surface area contributed by atoms with Crippen LogP contribution in [0.4, 0.5) is 0 Å². The third-order valence-electron chi connectivity index (χ3n) is 8.85. The van der Waals surface area contributed by atoms with Crippen LogP contribution in [-0.2, 0) is 0 Å². The number of nitrogens with zero attached hydrogens (tertiary/aromatic N) is 8. The van der Waals surface area contributed by atoms with E-state index in [4.69, 9.17) is 15.0 Å². The SMILES string of the molecule is CN1CCN(CCC/N=C\c2ccc(-c3nc(-c4ccc(/C=N/CCCN5CCN(C)CC5)cc4)nc4ccsc34)cc2)CC1. The molecule has 2 aromatic heterocycles. The summed E-state index contributed by atoms with van der Waals surface area (Å²) in [6.45, 7) is 13.3. The van der Waals surface area contributed by atoms with Gasteiger partial charge in [-0.3, -0.25) is 9.98 Å². The first-order valence-electron chi connectivity index (χ1n) is 16.4. The summed E-state index contributed by atoms with van der Waals surface area (Å²) < 4.78 is 1.12. The summed E-state index contributed by atoms with van der Waals surface area (Å²) in [5.74, 6) is 0.748. The highest BCUT2D eigenvalue weighted by Gasteiger charge is 2.15. The standard InChI is InChI=1S/C36H46N8S/c1-41-18-22-43(23-19-41)16-3-14-37-27-29-5-9-31(10-6-29)34-35-33(13-26-45-35)39-36(40-34)32-11-7-30(8-12-32)28-38-15-4-17-44-24-20-42(2)21-25-44/h5-13,26-28H,3-4,14-25H2,1-2H3/b37-27-,38-28+. The maximum absolute atomic E-state index is 5.06. The summed E-state index contributed by atoms with van der Waals surface area (Å²) in [5, 5.41) is 2.10. The summed E-state index contributed by atoms with van der Waals surface area (Å²) in [6, 6.07) is 19.1. The molecular formula is C36H46N8S. The summed E-state index contributed by atoms with van der Waals surface area (Å²) in [7, 11) is 4.40. The van der Waals surface area contributed by atoms with Crippen molar-refractivity contribution in [2.24, 2.45) is 9.98 Å². The number of benzene rings is 2. The molecule has 4 aromatic rings. The van der Waals surface area contributed by atoms with Crippen LogP contribution >= 0.6 is 11.3 Å². The number of aromatic nitrogens is 2. The van der Waals surface area contributed by atoms with Gasteiger partial charge in [0.1, 0.15) is 0 Å². The lowest BCUT2D eigenvalue weighted by atomic mass is 10.1. The van der Waals surface area contributed by atoms with Crippen molar-refractivity contribution in [2.75, 3.05) is 92.6 Å². The van der Waals surface area contributed by atoms with E-state index in [0.29, 0.717) is 0 Å². The van der Waals surface area contributed by atoms with Gasteiger partial charge in [-0.1, -0.05) is 48.5 Å². The van der Waals surface area contributed by atoms with E-state index in [1.54, 1.807) is 11.3 Å². The van der Waals surface area contributed by atoms with E-state index >= 15 is 0 Å². The number of aliphatic imine (C=N–C) groups is 2. The molecule has 0 aliphatic carbocycles. The molecule has 0 N–H and O–H groups in total. The highest BCUT2D eigenvalue weighted by Crippen LogP contribution is 2.32. The molecule has 2 saturated heterocycles. The van der Waals surface area contributed by atoms with Gasteiger partial charge in [-0.15, -0.1) is 11.3 Å². The van der Waals surface area contributed by atoms with Gasteiger partial charge in [0.25, 0.3) is 0 Å². The zero-order chi connectivity index (χ0) is 30.8. The van der Waals surface area contributed by atoms with E-state index in [-0.39, 0.29) is 0 Å². The predicted molar refractivity (Wildman–Crippen MR) is 190 cm³/mol. The summed E-state index contributed by atoms with van der Waals surface area (Å²) >= 11 is 1.69. The van der Waals surface area contributed by atoms with Crippen LogP contribution in [0.1, 0.15) is 24.0 Å². The normalized spacial score (nSPS) is 17.7. The Bertz CT molecular complexity index is 1550. The second kappa shape index (κ2) is 15.8. The zero-order valence-electron chi connectivity index (χ0n) is 26.8. The Hall–Kier alpha value is -3.34. The average Bonchev–Trinajstić information content (AvgIpc) is 3.55. The molecule has 6 rings (SSSR count). The van der Waals surface area contributed by atoms with E-state index < -0.39 is 0 Å². The van der Waals surface area contributed by atoms with Crippen LogP contribution in [0.15, 0.2) is 70.0 Å². The van der Waals surface area contributed by atoms with Crippen molar-refractivity contribution in [3.63, 3.8) is 0 Å². The van der Waals surface area contributed by atoms with Crippen molar-refractivity contribution in [1.82, 2.24) is 29.6 Å². The van der Waals surface area contributed by atoms with Gasteiger partial charge in [0, 0.05) is 89.0 Å². The topological polar surface area (TPSA) is 63.5 Å². The van der Waals surface area contributed by atoms with Crippen molar-refractivity contribution in [1.29, 1.82) is 0 Å². The minimum Gasteiger partial charge on any atom is -0.304 e. The maximum atomic E-state index is 5.06. The third kappa shape index (κ3) is 8.89. The Morgan fingerprint density at radius 3 is 1.69 bits per heavy atom. The minimum atomic E-state index is 0.748. The Morgan fingerprint density at radius 1 is 0.644 bits per heavy atom. The first kappa shape index (κ1) is 31.6. The van der Waals surface area contributed by atoms with Crippen LogP contribution in [0.25, 0.3) is 32.9 Å². The molecule has 2 aromatic carbocycles. The second-order valence-corrected chi connectivity index (χ2v) is 13.3. The monoisotopic (exact) mass is 622 g/mol. The molecule has 2 aliphatic rings. The molecule has 0 radical (unpaired) electrons. The number of rotatable bonds is 12. The Kier molecular flexibility index (Phi) is 11.1. The number of fused-ring (bicyclic) bond motifs is 1. The van der Waals surface area contributed by atoms with E-state index in [2.05, 4.69) is 98.7 Å². The lowest BCUT2D eigenvalue weighted by molar-refractivity contribution is 0.153. The highest BCUT2D eigenvalue weighted by molar-refractivity contribution is 7.17. The third-order valence-corrected chi connectivity index (χ3v) is 9.76. The lowest BCUT2D eigenvalue weighted by Gasteiger charge is -2.32. The van der Waals surface area contributed by atoms with Crippen LogP contribution in [-0.4, -0.2) is 135 Å². The van der Waals surface area contributed by atoms with Crippen molar-refractivity contribution in [3.8, 4) is 22.6 Å². The summed E-state index contributed by atoms with van der Waals surface area (Å²) in [6.07, 6.45) is 6.18. The van der Waals surface area contributed by atoms with Crippen LogP contribution in [0.5, 0.6) is 0 Å². The number of hydrogen-bond donors (Lipinski definition) is 0. The molecule has 0 bridgehead atoms. The molecule has 0 unspecified atom stereocenters. The van der Waals surface area contributed by atoms with Gasteiger partial charge in [-0.25, -0.2) is 9.97 Å². The Balaban J connectivity index is 1.04. The molecule has 45 heavy (non-hydrogen) atoms. The van der Waals surface area contributed by atoms with Gasteiger partial charge in [0.15, 0.2) is 5.82 Å². The molecule has 0 atom stereocenters. The van der Waals surface area contributed by atoms with Crippen LogP contribution < -0.4 is 0 Å². The molecule has 4 heterocycles. The maximum Gasteiger partial charge on any atom is 0.160 e. The number of hydrogen-bond acceptors (Lipinski definition) is 9. The molecular weight excluding hydrogens is 577 g/mol. The number of likely N-dealkylation sites (N-methyl/N-ethyl adjacent to an activating group) is 2. The molecule has 236 valence electrons. The van der Waals surface area contributed by atoms with Crippen LogP contribution in [0.2, 0.25) is 0 Å². The van der Waals surface area contributed by atoms with Crippen molar-refractivity contribution < 1.29 is 0 Å². The second-order valence-electron chi connectivity index (χ2n) is 12.3. The molecule has 2 aliphatic heterocycles. The first-order valence-corrected chi connectivity index (χ1v) is 17.3. The molecule has 0 amide bonds. The smallest absolute Gasteiger partial charge is 0.160 e. The van der Waals surface area contributed by atoms with Gasteiger partial charge in [0.05, 0.1) is 15.9 Å². The van der Waals surface area contributed by atoms with E-state index in [1.807, 2.05) is 12.4 Å².